The number of thiophene rings is 1. The van der Waals surface area contributed by atoms with E-state index in [1.54, 1.807) is 11.3 Å². The molecule has 0 bridgehead atoms. The van der Waals surface area contributed by atoms with Gasteiger partial charge < -0.3 is 4.90 Å². The number of nitrogens with one attached hydrogen (secondary N) is 1. The van der Waals surface area contributed by atoms with Crippen LogP contribution in [0.2, 0.25) is 0 Å². The van der Waals surface area contributed by atoms with Crippen LogP contribution >= 0.6 is 11.3 Å². The number of carbonyl (C=O) groups excluding carboxylic acids is 1. The molecule has 108 valence electrons. The normalized spacial score (nSPS) is 35.1. The van der Waals surface area contributed by atoms with Crippen LogP contribution in [0.1, 0.15) is 50.8 Å². The summed E-state index contributed by atoms with van der Waals surface area (Å²) in [5.74, 6) is 1.81. The highest BCUT2D eigenvalue weighted by Gasteiger charge is 2.59. The maximum absolute atomic E-state index is 12.8. The van der Waals surface area contributed by atoms with Crippen molar-refractivity contribution in [3.8, 4) is 0 Å². The van der Waals surface area contributed by atoms with Gasteiger partial charge in [0.2, 0.25) is 5.91 Å². The molecule has 3 nitrogen and oxygen atoms in total. The highest BCUT2D eigenvalue weighted by molar-refractivity contribution is 7.07. The molecule has 2 aliphatic carbocycles. The van der Waals surface area contributed by atoms with E-state index < -0.39 is 0 Å². The number of carbonyl (C=O) groups is 1. The highest BCUT2D eigenvalue weighted by atomic mass is 32.1. The first-order chi connectivity index (χ1) is 9.70. The maximum atomic E-state index is 12.8. The zero-order valence-corrected chi connectivity index (χ0v) is 12.8. The van der Waals surface area contributed by atoms with E-state index in [-0.39, 0.29) is 11.7 Å². The minimum Gasteiger partial charge on any atom is -0.321 e. The lowest BCUT2D eigenvalue weighted by atomic mass is 9.97. The molecule has 2 saturated carbocycles. The summed E-state index contributed by atoms with van der Waals surface area (Å²) in [6, 6.07) is 2.15. The summed E-state index contributed by atoms with van der Waals surface area (Å²) in [7, 11) is 0. The summed E-state index contributed by atoms with van der Waals surface area (Å²) in [6.07, 6.45) is 6.09. The first-order valence-corrected chi connectivity index (χ1v) is 8.75. The Morgan fingerprint density at radius 3 is 2.90 bits per heavy atom. The Labute approximate surface area is 124 Å². The minimum atomic E-state index is -0.200. The van der Waals surface area contributed by atoms with E-state index in [4.69, 9.17) is 0 Å². The third-order valence-corrected chi connectivity index (χ3v) is 6.18. The number of hydrogen-bond acceptors (Lipinski definition) is 3. The average Bonchev–Trinajstić information content (AvgIpc) is 2.79. The van der Waals surface area contributed by atoms with Crippen LogP contribution in [0.4, 0.5) is 0 Å². The lowest BCUT2D eigenvalue weighted by molar-refractivity contribution is -0.131. The highest BCUT2D eigenvalue weighted by Crippen LogP contribution is 2.47. The van der Waals surface area contributed by atoms with Crippen LogP contribution in [0, 0.1) is 11.8 Å². The van der Waals surface area contributed by atoms with Crippen molar-refractivity contribution in [3.05, 3.63) is 22.4 Å². The Bertz CT molecular complexity index is 509. The molecular formula is C16H22N2OS. The van der Waals surface area contributed by atoms with Gasteiger partial charge in [-0.15, -0.1) is 0 Å². The fourth-order valence-corrected chi connectivity index (χ4v) is 4.58. The molecule has 3 unspecified atom stereocenters. The Morgan fingerprint density at radius 1 is 1.45 bits per heavy atom. The molecule has 3 atom stereocenters. The van der Waals surface area contributed by atoms with Crippen LogP contribution in [-0.4, -0.2) is 22.9 Å². The summed E-state index contributed by atoms with van der Waals surface area (Å²) in [4.78, 5) is 14.9. The van der Waals surface area contributed by atoms with Gasteiger partial charge in [-0.05, 0) is 53.5 Å². The van der Waals surface area contributed by atoms with Crippen LogP contribution < -0.4 is 5.32 Å². The van der Waals surface area contributed by atoms with Gasteiger partial charge in [0.05, 0.1) is 0 Å². The predicted octanol–water partition coefficient (Wildman–Crippen LogP) is 3.15. The molecule has 2 heterocycles. The zero-order chi connectivity index (χ0) is 13.7. The van der Waals surface area contributed by atoms with Crippen LogP contribution in [0.15, 0.2) is 16.8 Å². The van der Waals surface area contributed by atoms with Gasteiger partial charge in [0.15, 0.2) is 0 Å². The number of rotatable bonds is 3. The largest absolute Gasteiger partial charge is 0.321 e. The zero-order valence-electron chi connectivity index (χ0n) is 12.0. The van der Waals surface area contributed by atoms with E-state index in [1.165, 1.54) is 24.8 Å². The van der Waals surface area contributed by atoms with Gasteiger partial charge in [-0.1, -0.05) is 19.8 Å². The molecule has 1 amide bonds. The number of nitrogens with zero attached hydrogens (tertiary/aromatic N) is 1. The van der Waals surface area contributed by atoms with E-state index >= 15 is 0 Å². The van der Waals surface area contributed by atoms with Crippen molar-refractivity contribution in [1.29, 1.82) is 0 Å². The average molecular weight is 290 g/mol. The van der Waals surface area contributed by atoms with Gasteiger partial charge in [-0.3, -0.25) is 10.1 Å². The molecule has 3 aliphatic rings. The van der Waals surface area contributed by atoms with Gasteiger partial charge in [-0.25, -0.2) is 0 Å². The second-order valence-corrected chi connectivity index (χ2v) is 7.59. The van der Waals surface area contributed by atoms with Crippen LogP contribution in [0.25, 0.3) is 0 Å². The first kappa shape index (κ1) is 12.8. The molecule has 1 aromatic rings. The molecule has 3 fully saturated rings. The number of amides is 1. The van der Waals surface area contributed by atoms with E-state index in [0.717, 1.165) is 25.3 Å². The van der Waals surface area contributed by atoms with E-state index in [9.17, 15) is 4.79 Å². The quantitative estimate of drug-likeness (QED) is 0.927. The molecular weight excluding hydrogens is 268 g/mol. The molecule has 1 aliphatic heterocycles. The van der Waals surface area contributed by atoms with Crippen molar-refractivity contribution in [2.45, 2.75) is 50.7 Å². The van der Waals surface area contributed by atoms with Gasteiger partial charge in [0, 0.05) is 6.54 Å². The molecule has 0 radical (unpaired) electrons. The summed E-state index contributed by atoms with van der Waals surface area (Å²) < 4.78 is 0. The van der Waals surface area contributed by atoms with E-state index in [0.29, 0.717) is 11.8 Å². The first-order valence-electron chi connectivity index (χ1n) is 7.80. The second kappa shape index (κ2) is 4.57. The topological polar surface area (TPSA) is 32.3 Å². The van der Waals surface area contributed by atoms with Crippen LogP contribution in [0.3, 0.4) is 0 Å². The van der Waals surface area contributed by atoms with Crippen molar-refractivity contribution < 1.29 is 4.79 Å². The standard InChI is InChI=1S/C16H22N2OS/c1-11-3-2-4-12(11)9-18-14(13-5-8-20-10-13)17-16(6-7-16)15(18)19/h5,8,10-12,14,17H,2-4,6-7,9H2,1H3. The number of hydrogen-bond donors (Lipinski definition) is 1. The molecule has 20 heavy (non-hydrogen) atoms. The molecule has 0 aromatic carbocycles. The van der Waals surface area contributed by atoms with E-state index in [2.05, 4.69) is 34.0 Å². The third-order valence-electron chi connectivity index (χ3n) is 5.47. The van der Waals surface area contributed by atoms with Crippen molar-refractivity contribution in [1.82, 2.24) is 10.2 Å². The monoisotopic (exact) mass is 290 g/mol. The predicted molar refractivity (Wildman–Crippen MR) is 80.4 cm³/mol. The molecule has 4 heteroatoms. The molecule has 1 spiro atoms. The molecule has 1 saturated heterocycles. The van der Waals surface area contributed by atoms with Crippen molar-refractivity contribution >= 4 is 17.2 Å². The summed E-state index contributed by atoms with van der Waals surface area (Å²) in [5, 5.41) is 7.90. The summed E-state index contributed by atoms with van der Waals surface area (Å²) in [6.45, 7) is 3.29. The molecule has 1 N–H and O–H groups in total. The Kier molecular flexibility index (Phi) is 2.93. The van der Waals surface area contributed by atoms with Gasteiger partial charge in [0.1, 0.15) is 11.7 Å². The van der Waals surface area contributed by atoms with Gasteiger partial charge >= 0.3 is 0 Å². The Balaban J connectivity index is 1.59. The summed E-state index contributed by atoms with van der Waals surface area (Å²) in [5.41, 5.74) is 1.06. The molecule has 1 aromatic heterocycles. The summed E-state index contributed by atoms with van der Waals surface area (Å²) >= 11 is 1.72. The van der Waals surface area contributed by atoms with Crippen molar-refractivity contribution in [2.24, 2.45) is 11.8 Å². The smallest absolute Gasteiger partial charge is 0.244 e. The fraction of sp³-hybridized carbons (Fsp3) is 0.688. The lowest BCUT2D eigenvalue weighted by Gasteiger charge is -2.28. The molecule has 4 rings (SSSR count). The lowest BCUT2D eigenvalue weighted by Crippen LogP contribution is -2.36. The third kappa shape index (κ3) is 1.92. The van der Waals surface area contributed by atoms with Crippen LogP contribution in [-0.2, 0) is 4.79 Å². The second-order valence-electron chi connectivity index (χ2n) is 6.81. The van der Waals surface area contributed by atoms with E-state index in [1.807, 2.05) is 0 Å². The fourth-order valence-electron chi connectivity index (χ4n) is 3.91. The van der Waals surface area contributed by atoms with Crippen LogP contribution in [0.5, 0.6) is 0 Å². The SMILES string of the molecule is CC1CCCC1CN1C(=O)C2(CC2)NC1c1ccsc1. The Morgan fingerprint density at radius 2 is 2.30 bits per heavy atom. The maximum Gasteiger partial charge on any atom is 0.244 e. The van der Waals surface area contributed by atoms with Crippen molar-refractivity contribution in [2.75, 3.05) is 6.54 Å². The van der Waals surface area contributed by atoms with Gasteiger partial charge in [-0.2, -0.15) is 11.3 Å². The minimum absolute atomic E-state index is 0.115. The van der Waals surface area contributed by atoms with Gasteiger partial charge in [0.25, 0.3) is 0 Å². The Hall–Kier alpha value is -0.870. The van der Waals surface area contributed by atoms with Crippen molar-refractivity contribution in [3.63, 3.8) is 0 Å².